The van der Waals surface area contributed by atoms with E-state index in [2.05, 4.69) is 257 Å². The van der Waals surface area contributed by atoms with E-state index in [0.29, 0.717) is 5.82 Å². The number of aromatic nitrogens is 3. The molecule has 3 unspecified atom stereocenters. The van der Waals surface area contributed by atoms with Gasteiger partial charge in [0.2, 0.25) is 0 Å². The molecule has 0 amide bonds. The van der Waals surface area contributed by atoms with E-state index in [9.17, 15) is 0 Å². The van der Waals surface area contributed by atoms with Crippen LogP contribution in [0.4, 0.5) is 17.1 Å². The third kappa shape index (κ3) is 6.41. The molecule has 3 atom stereocenters. The normalized spacial score (nSPS) is 17.9. The van der Waals surface area contributed by atoms with Gasteiger partial charge in [-0.1, -0.05) is 199 Å². The average molecular weight is 867 g/mol. The summed E-state index contributed by atoms with van der Waals surface area (Å²) < 4.78 is 2.46. The van der Waals surface area contributed by atoms with Gasteiger partial charge in [0.05, 0.1) is 22.3 Å². The van der Waals surface area contributed by atoms with Gasteiger partial charge in [0.25, 0.3) is 0 Å². The molecule has 2 aromatic heterocycles. The van der Waals surface area contributed by atoms with Crippen LogP contribution in [0.2, 0.25) is 0 Å². The Kier molecular flexibility index (Phi) is 9.31. The highest BCUT2D eigenvalue weighted by Gasteiger charge is 2.59. The topological polar surface area (TPSA) is 34.0 Å². The summed E-state index contributed by atoms with van der Waals surface area (Å²) in [6.45, 7) is 13.7. The second-order valence-electron chi connectivity index (χ2n) is 20.6. The van der Waals surface area contributed by atoms with Gasteiger partial charge in [-0.3, -0.25) is 4.57 Å². The minimum Gasteiger partial charge on any atom is -0.310 e. The zero-order valence-electron chi connectivity index (χ0n) is 39.1. The Bertz CT molecular complexity index is 3300. The third-order valence-corrected chi connectivity index (χ3v) is 14.6. The molecular formula is C63H54N4. The summed E-state index contributed by atoms with van der Waals surface area (Å²) in [5.41, 5.74) is 17.4. The summed E-state index contributed by atoms with van der Waals surface area (Å²) in [6.07, 6.45) is 9.42. The monoisotopic (exact) mass is 866 g/mol. The minimum absolute atomic E-state index is 0.0311. The fourth-order valence-corrected chi connectivity index (χ4v) is 11.4. The van der Waals surface area contributed by atoms with Crippen LogP contribution in [0, 0.1) is 5.92 Å². The van der Waals surface area contributed by atoms with Crippen molar-refractivity contribution >= 4 is 28.0 Å². The predicted octanol–water partition coefficient (Wildman–Crippen LogP) is 16.0. The zero-order chi connectivity index (χ0) is 45.7. The van der Waals surface area contributed by atoms with Crippen LogP contribution >= 0.6 is 0 Å². The first-order chi connectivity index (χ1) is 32.5. The van der Waals surface area contributed by atoms with E-state index in [4.69, 9.17) is 9.97 Å². The molecule has 1 spiro atoms. The Hall–Kier alpha value is -7.56. The summed E-state index contributed by atoms with van der Waals surface area (Å²) in [5, 5.41) is 1.21. The van der Waals surface area contributed by atoms with E-state index in [1.54, 1.807) is 0 Å². The molecular weight excluding hydrogens is 813 g/mol. The van der Waals surface area contributed by atoms with Crippen LogP contribution < -0.4 is 4.90 Å². The lowest BCUT2D eigenvalue weighted by molar-refractivity contribution is 0.468. The Labute approximate surface area is 394 Å². The van der Waals surface area contributed by atoms with Gasteiger partial charge in [0.1, 0.15) is 5.82 Å². The number of benzene rings is 7. The number of fused-ring (bicyclic) bond motifs is 12. The van der Waals surface area contributed by atoms with Gasteiger partial charge in [0.15, 0.2) is 5.82 Å². The maximum Gasteiger partial charge on any atom is 0.162 e. The molecule has 0 saturated heterocycles. The average Bonchev–Trinajstić information content (AvgIpc) is 3.96. The van der Waals surface area contributed by atoms with Crippen molar-refractivity contribution in [2.45, 2.75) is 63.7 Å². The Balaban J connectivity index is 1.19. The summed E-state index contributed by atoms with van der Waals surface area (Å²) in [7, 11) is 0. The number of rotatable bonds is 6. The van der Waals surface area contributed by atoms with Gasteiger partial charge >= 0.3 is 0 Å². The first kappa shape index (κ1) is 40.9. The molecule has 0 radical (unpaired) electrons. The molecule has 0 fully saturated rings. The molecule has 0 aliphatic heterocycles. The predicted molar refractivity (Wildman–Crippen MR) is 278 cm³/mol. The van der Waals surface area contributed by atoms with E-state index in [1.807, 2.05) is 0 Å². The summed E-state index contributed by atoms with van der Waals surface area (Å²) in [5.74, 6) is 1.93. The lowest BCUT2D eigenvalue weighted by atomic mass is 9.65. The highest BCUT2D eigenvalue weighted by molar-refractivity contribution is 6.03. The van der Waals surface area contributed by atoms with Crippen LogP contribution in [0.25, 0.3) is 50.6 Å². The maximum absolute atomic E-state index is 5.54. The number of anilines is 3. The van der Waals surface area contributed by atoms with Crippen LogP contribution in [-0.4, -0.2) is 14.5 Å². The highest BCUT2D eigenvalue weighted by atomic mass is 15.1. The van der Waals surface area contributed by atoms with Crippen LogP contribution in [0.5, 0.6) is 0 Å². The molecule has 4 nitrogen and oxygen atoms in total. The minimum atomic E-state index is -0.471. The Morgan fingerprint density at radius 2 is 1.09 bits per heavy atom. The Morgan fingerprint density at radius 3 is 1.75 bits per heavy atom. The first-order valence-corrected chi connectivity index (χ1v) is 23.7. The lowest BCUT2D eigenvalue weighted by Crippen LogP contribution is -2.32. The van der Waals surface area contributed by atoms with E-state index in [0.717, 1.165) is 45.2 Å². The largest absolute Gasteiger partial charge is 0.310 e. The van der Waals surface area contributed by atoms with E-state index in [1.165, 1.54) is 50.0 Å². The van der Waals surface area contributed by atoms with Crippen molar-refractivity contribution in [2.75, 3.05) is 4.90 Å². The smallest absolute Gasteiger partial charge is 0.162 e. The van der Waals surface area contributed by atoms with Crippen molar-refractivity contribution < 1.29 is 0 Å². The fourth-order valence-electron chi connectivity index (χ4n) is 11.4. The lowest BCUT2D eigenvalue weighted by Gasteiger charge is -2.36. The second-order valence-corrected chi connectivity index (χ2v) is 20.6. The molecule has 7 aromatic carbocycles. The summed E-state index contributed by atoms with van der Waals surface area (Å²) >= 11 is 0. The van der Waals surface area contributed by atoms with Crippen molar-refractivity contribution in [3.63, 3.8) is 0 Å². The molecule has 0 saturated carbocycles. The van der Waals surface area contributed by atoms with E-state index < -0.39 is 5.41 Å². The van der Waals surface area contributed by atoms with Gasteiger partial charge in [-0.05, 0) is 81.1 Å². The van der Waals surface area contributed by atoms with Crippen LogP contribution in [-0.2, 0) is 16.2 Å². The van der Waals surface area contributed by atoms with Gasteiger partial charge in [-0.25, -0.2) is 9.97 Å². The Morgan fingerprint density at radius 1 is 0.522 bits per heavy atom. The number of hydrogen-bond acceptors (Lipinski definition) is 3. The molecule has 0 bridgehead atoms. The molecule has 3 aliphatic rings. The van der Waals surface area contributed by atoms with Gasteiger partial charge in [-0.2, -0.15) is 0 Å². The van der Waals surface area contributed by atoms with Gasteiger partial charge in [0, 0.05) is 62.6 Å². The highest BCUT2D eigenvalue weighted by Crippen LogP contribution is 2.67. The van der Waals surface area contributed by atoms with Crippen LogP contribution in [0.15, 0.2) is 206 Å². The third-order valence-electron chi connectivity index (χ3n) is 14.6. The molecule has 2 heterocycles. The maximum atomic E-state index is 5.54. The van der Waals surface area contributed by atoms with Gasteiger partial charge < -0.3 is 4.90 Å². The second kappa shape index (κ2) is 15.3. The summed E-state index contributed by atoms with van der Waals surface area (Å²) in [4.78, 5) is 13.2. The molecule has 9 aromatic rings. The first-order valence-electron chi connectivity index (χ1n) is 23.7. The number of allylic oxidation sites excluding steroid dienone is 4. The molecule has 326 valence electrons. The molecule has 12 rings (SSSR count). The summed E-state index contributed by atoms with van der Waals surface area (Å²) in [6, 6.07) is 67.0. The van der Waals surface area contributed by atoms with E-state index >= 15 is 0 Å². The number of nitrogens with zero attached hydrogens (tertiary/aromatic N) is 4. The van der Waals surface area contributed by atoms with Crippen molar-refractivity contribution in [3.8, 4) is 39.7 Å². The van der Waals surface area contributed by atoms with Crippen LogP contribution in [0.1, 0.15) is 80.8 Å². The quantitative estimate of drug-likeness (QED) is 0.167. The SMILES string of the molecule is CC(C)(C)c1ccc(N(c2ccc(C(C)(C)C)cc2)c2ccc3c(c2)c2c(n3-c3cc(-c4ccccc4)nc(-c4ccccc4)n3)-c3ccccc3C23c2ccccc2C2C=CC=CC23)cc1. The zero-order valence-corrected chi connectivity index (χ0v) is 39.1. The van der Waals surface area contributed by atoms with Crippen molar-refractivity contribution in [1.29, 1.82) is 0 Å². The molecule has 67 heavy (non-hydrogen) atoms. The fraction of sp³-hybridized carbons (Fsp3) is 0.175. The van der Waals surface area contributed by atoms with Crippen molar-refractivity contribution in [1.82, 2.24) is 14.5 Å². The number of hydrogen-bond donors (Lipinski definition) is 0. The van der Waals surface area contributed by atoms with E-state index in [-0.39, 0.29) is 22.7 Å². The molecule has 4 heteroatoms. The van der Waals surface area contributed by atoms with Crippen LogP contribution in [0.3, 0.4) is 0 Å². The molecule has 3 aliphatic carbocycles. The standard InChI is InChI=1S/C63H54N4/c1-61(2,3)43-29-33-45(34-30-43)66(46-35-31-44(32-36-46)62(4,5)6)47-37-38-56-51(39-47)58-59(67(56)57-40-55(41-19-9-7-10-20-41)64-60(65-57)42-21-11-8-12-22-42)50-25-15-18-28-54(50)63(58)52-26-16-13-23-48(52)49-24-14-17-27-53(49)63/h7-40,48,52H,1-6H3. The van der Waals surface area contributed by atoms with Gasteiger partial charge in [-0.15, -0.1) is 0 Å². The van der Waals surface area contributed by atoms with Crippen molar-refractivity contribution in [2.24, 2.45) is 5.92 Å². The van der Waals surface area contributed by atoms with Crippen molar-refractivity contribution in [3.05, 3.63) is 240 Å². The molecule has 0 N–H and O–H groups in total.